The molecule has 146 valence electrons. The van der Waals surface area contributed by atoms with E-state index >= 15 is 0 Å². The van der Waals surface area contributed by atoms with Crippen LogP contribution in [0.25, 0.3) is 0 Å². The molecular formula is C21H13F3N2O3. The Kier molecular flexibility index (Phi) is 4.46. The van der Waals surface area contributed by atoms with E-state index in [2.05, 4.69) is 10.6 Å². The highest BCUT2D eigenvalue weighted by atomic mass is 19.4. The van der Waals surface area contributed by atoms with Gasteiger partial charge in [-0.3, -0.25) is 9.59 Å². The molecule has 0 saturated carbocycles. The van der Waals surface area contributed by atoms with Gasteiger partial charge in [-0.05, 0) is 48.5 Å². The number of anilines is 2. The zero-order valence-corrected chi connectivity index (χ0v) is 14.7. The number of ether oxygens (including phenoxy) is 1. The summed E-state index contributed by atoms with van der Waals surface area (Å²) >= 11 is 0. The second kappa shape index (κ2) is 6.97. The number of carbonyl (C=O) groups is 2. The summed E-state index contributed by atoms with van der Waals surface area (Å²) in [5, 5.41) is 5.22. The SMILES string of the molecule is O=C(Nc1ccc2c(c1)C(=O)Nc1ccccc1O2)c1cccc(C(F)(F)F)c1. The Balaban J connectivity index is 1.60. The van der Waals surface area contributed by atoms with Gasteiger partial charge in [0.25, 0.3) is 11.8 Å². The molecule has 0 atom stereocenters. The van der Waals surface area contributed by atoms with Gasteiger partial charge in [-0.25, -0.2) is 0 Å². The number of benzene rings is 3. The van der Waals surface area contributed by atoms with Crippen molar-refractivity contribution in [1.82, 2.24) is 0 Å². The van der Waals surface area contributed by atoms with Gasteiger partial charge >= 0.3 is 6.18 Å². The van der Waals surface area contributed by atoms with Gasteiger partial charge in [0.15, 0.2) is 5.75 Å². The molecule has 0 spiro atoms. The van der Waals surface area contributed by atoms with Crippen molar-refractivity contribution in [2.24, 2.45) is 0 Å². The summed E-state index contributed by atoms with van der Waals surface area (Å²) in [6.07, 6.45) is -4.55. The van der Waals surface area contributed by atoms with Gasteiger partial charge in [-0.1, -0.05) is 18.2 Å². The number of halogens is 3. The number of alkyl halides is 3. The minimum absolute atomic E-state index is 0.150. The molecule has 1 aliphatic rings. The number of fused-ring (bicyclic) bond motifs is 2. The van der Waals surface area contributed by atoms with Crippen LogP contribution in [0.15, 0.2) is 66.7 Å². The van der Waals surface area contributed by atoms with E-state index in [4.69, 9.17) is 4.74 Å². The second-order valence-electron chi connectivity index (χ2n) is 6.30. The van der Waals surface area contributed by atoms with E-state index in [0.29, 0.717) is 17.2 Å². The quantitative estimate of drug-likeness (QED) is 0.614. The van der Waals surface area contributed by atoms with Crippen LogP contribution in [0.5, 0.6) is 11.5 Å². The minimum atomic E-state index is -4.55. The molecule has 3 aromatic carbocycles. The van der Waals surface area contributed by atoms with Crippen LogP contribution < -0.4 is 15.4 Å². The molecule has 0 radical (unpaired) electrons. The molecule has 0 saturated heterocycles. The largest absolute Gasteiger partial charge is 0.454 e. The average molecular weight is 398 g/mol. The molecule has 2 amide bonds. The highest BCUT2D eigenvalue weighted by molar-refractivity contribution is 6.10. The maximum absolute atomic E-state index is 12.9. The first-order valence-electron chi connectivity index (χ1n) is 8.52. The third-order valence-electron chi connectivity index (χ3n) is 4.29. The van der Waals surface area contributed by atoms with Crippen LogP contribution in [0.4, 0.5) is 24.5 Å². The second-order valence-corrected chi connectivity index (χ2v) is 6.30. The summed E-state index contributed by atoms with van der Waals surface area (Å²) in [5.74, 6) is -0.390. The van der Waals surface area contributed by atoms with Crippen molar-refractivity contribution >= 4 is 23.2 Å². The maximum Gasteiger partial charge on any atom is 0.416 e. The Bertz CT molecular complexity index is 1130. The zero-order chi connectivity index (χ0) is 20.6. The summed E-state index contributed by atoms with van der Waals surface area (Å²) in [6, 6.07) is 15.4. The Morgan fingerprint density at radius 1 is 0.931 bits per heavy atom. The molecule has 0 aromatic heterocycles. The predicted octanol–water partition coefficient (Wildman–Crippen LogP) is 5.32. The summed E-state index contributed by atoms with van der Waals surface area (Å²) in [7, 11) is 0. The van der Waals surface area contributed by atoms with Gasteiger partial charge in [-0.2, -0.15) is 13.2 Å². The minimum Gasteiger partial charge on any atom is -0.454 e. The van der Waals surface area contributed by atoms with E-state index in [1.165, 1.54) is 24.3 Å². The van der Waals surface area contributed by atoms with Crippen LogP contribution in [0.1, 0.15) is 26.3 Å². The lowest BCUT2D eigenvalue weighted by atomic mass is 10.1. The monoisotopic (exact) mass is 398 g/mol. The first kappa shape index (κ1) is 18.5. The van der Waals surface area contributed by atoms with Gasteiger partial charge < -0.3 is 15.4 Å². The number of amides is 2. The number of hydrogen-bond donors (Lipinski definition) is 2. The average Bonchev–Trinajstić information content (AvgIpc) is 2.83. The van der Waals surface area contributed by atoms with Crippen LogP contribution in [0.2, 0.25) is 0 Å². The number of para-hydroxylation sites is 2. The summed E-state index contributed by atoms with van der Waals surface area (Å²) in [6.45, 7) is 0. The van der Waals surface area contributed by atoms with Crippen LogP contribution >= 0.6 is 0 Å². The maximum atomic E-state index is 12.9. The molecule has 29 heavy (non-hydrogen) atoms. The van der Waals surface area contributed by atoms with E-state index in [9.17, 15) is 22.8 Å². The van der Waals surface area contributed by atoms with Gasteiger partial charge in [0.05, 0.1) is 16.8 Å². The van der Waals surface area contributed by atoms with E-state index in [-0.39, 0.29) is 16.8 Å². The van der Waals surface area contributed by atoms with Gasteiger partial charge in [0, 0.05) is 11.3 Å². The van der Waals surface area contributed by atoms with E-state index in [0.717, 1.165) is 18.2 Å². The lowest BCUT2D eigenvalue weighted by molar-refractivity contribution is -0.137. The highest BCUT2D eigenvalue weighted by Crippen LogP contribution is 2.36. The molecule has 5 nitrogen and oxygen atoms in total. The smallest absolute Gasteiger partial charge is 0.416 e. The van der Waals surface area contributed by atoms with Crippen LogP contribution in [0.3, 0.4) is 0 Å². The number of carbonyl (C=O) groups excluding carboxylic acids is 2. The molecule has 0 aliphatic carbocycles. The van der Waals surface area contributed by atoms with Crippen molar-refractivity contribution < 1.29 is 27.5 Å². The van der Waals surface area contributed by atoms with E-state index in [1.807, 2.05) is 0 Å². The molecule has 8 heteroatoms. The van der Waals surface area contributed by atoms with Crippen LogP contribution in [0, 0.1) is 0 Å². The number of rotatable bonds is 2. The summed E-state index contributed by atoms with van der Waals surface area (Å²) < 4.78 is 44.3. The molecule has 0 fully saturated rings. The number of hydrogen-bond acceptors (Lipinski definition) is 3. The highest BCUT2D eigenvalue weighted by Gasteiger charge is 2.31. The van der Waals surface area contributed by atoms with Gasteiger partial charge in [-0.15, -0.1) is 0 Å². The van der Waals surface area contributed by atoms with Crippen molar-refractivity contribution in [2.75, 3.05) is 10.6 Å². The van der Waals surface area contributed by atoms with E-state index in [1.54, 1.807) is 24.3 Å². The fourth-order valence-corrected chi connectivity index (χ4v) is 2.88. The fraction of sp³-hybridized carbons (Fsp3) is 0.0476. The Hall–Kier alpha value is -3.81. The molecule has 2 N–H and O–H groups in total. The first-order valence-corrected chi connectivity index (χ1v) is 8.52. The standard InChI is InChI=1S/C21H13F3N2O3/c22-21(23,24)13-5-3-4-12(10-13)19(27)25-14-8-9-17-15(11-14)20(28)26-16-6-1-2-7-18(16)29-17/h1-11H,(H,25,27)(H,26,28). The molecular weight excluding hydrogens is 385 g/mol. The third kappa shape index (κ3) is 3.77. The molecule has 3 aromatic rings. The number of nitrogens with one attached hydrogen (secondary N) is 2. The van der Waals surface area contributed by atoms with E-state index < -0.39 is 23.6 Å². The van der Waals surface area contributed by atoms with Gasteiger partial charge in [0.2, 0.25) is 0 Å². The van der Waals surface area contributed by atoms with Crippen molar-refractivity contribution in [3.63, 3.8) is 0 Å². The zero-order valence-electron chi connectivity index (χ0n) is 14.7. The Morgan fingerprint density at radius 2 is 1.72 bits per heavy atom. The van der Waals surface area contributed by atoms with Crippen LogP contribution in [-0.2, 0) is 6.18 Å². The fourth-order valence-electron chi connectivity index (χ4n) is 2.88. The predicted molar refractivity (Wildman–Crippen MR) is 100 cm³/mol. The topological polar surface area (TPSA) is 67.4 Å². The lowest BCUT2D eigenvalue weighted by Crippen LogP contribution is -2.15. The van der Waals surface area contributed by atoms with Crippen molar-refractivity contribution in [2.45, 2.75) is 6.18 Å². The molecule has 0 bridgehead atoms. The van der Waals surface area contributed by atoms with Crippen molar-refractivity contribution in [3.05, 3.63) is 83.4 Å². The van der Waals surface area contributed by atoms with Crippen LogP contribution in [-0.4, -0.2) is 11.8 Å². The summed E-state index contributed by atoms with van der Waals surface area (Å²) in [5.41, 5.74) is -0.136. The first-order chi connectivity index (χ1) is 13.8. The molecule has 1 aliphatic heterocycles. The van der Waals surface area contributed by atoms with Crippen molar-refractivity contribution in [3.8, 4) is 11.5 Å². The summed E-state index contributed by atoms with van der Waals surface area (Å²) in [4.78, 5) is 24.9. The molecule has 4 rings (SSSR count). The Morgan fingerprint density at radius 3 is 2.52 bits per heavy atom. The lowest BCUT2D eigenvalue weighted by Gasteiger charge is -2.11. The normalized spacial score (nSPS) is 12.7. The molecule has 0 unspecified atom stereocenters. The molecule has 1 heterocycles. The third-order valence-corrected chi connectivity index (χ3v) is 4.29. The Labute approximate surface area is 163 Å². The van der Waals surface area contributed by atoms with Crippen molar-refractivity contribution in [1.29, 1.82) is 0 Å². The van der Waals surface area contributed by atoms with Gasteiger partial charge in [0.1, 0.15) is 5.75 Å².